The number of aldehydes is 1. The third kappa shape index (κ3) is 11.7. The van der Waals surface area contributed by atoms with Gasteiger partial charge in [0.15, 0.2) is 12.1 Å². The number of imidazole rings is 2. The van der Waals surface area contributed by atoms with Gasteiger partial charge in [-0.2, -0.15) is 0 Å². The molecule has 350 valence electrons. The number of hydrogen-bond donors (Lipinski definition) is 2. The number of likely N-dealkylation sites (tertiary alicyclic amines) is 1. The summed E-state index contributed by atoms with van der Waals surface area (Å²) in [5, 5.41) is 3.10. The number of ether oxygens (including phenoxy) is 3. The zero-order valence-corrected chi connectivity index (χ0v) is 38.3. The molecule has 3 N–H and O–H groups in total. The van der Waals surface area contributed by atoms with Crippen LogP contribution in [0.25, 0.3) is 22.1 Å². The molecule has 66 heavy (non-hydrogen) atoms. The average molecular weight is 929 g/mol. The molecule has 0 radical (unpaired) electrons. The van der Waals surface area contributed by atoms with Gasteiger partial charge in [0.25, 0.3) is 0 Å². The van der Waals surface area contributed by atoms with Gasteiger partial charge >= 0.3 is 6.09 Å². The summed E-state index contributed by atoms with van der Waals surface area (Å²) >= 11 is 0. The fourth-order valence-corrected chi connectivity index (χ4v) is 8.90. The van der Waals surface area contributed by atoms with Crippen molar-refractivity contribution in [2.24, 2.45) is 5.73 Å². The van der Waals surface area contributed by atoms with Gasteiger partial charge in [-0.15, -0.1) is 0 Å². The van der Waals surface area contributed by atoms with E-state index in [1.807, 2.05) is 43.5 Å². The van der Waals surface area contributed by atoms with Crippen molar-refractivity contribution in [2.45, 2.75) is 83.6 Å². The lowest BCUT2D eigenvalue weighted by Crippen LogP contribution is -2.42. The number of rotatable bonds is 12. The summed E-state index contributed by atoms with van der Waals surface area (Å²) in [5.41, 5.74) is 7.89. The van der Waals surface area contributed by atoms with Crippen LogP contribution in [0, 0.1) is 11.6 Å². The van der Waals surface area contributed by atoms with Gasteiger partial charge in [-0.25, -0.2) is 36.3 Å². The van der Waals surface area contributed by atoms with E-state index in [-0.39, 0.29) is 29.8 Å². The first-order chi connectivity index (χ1) is 31.3. The Kier molecular flexibility index (Phi) is 14.4. The third-order valence-electron chi connectivity index (χ3n) is 11.4. The van der Waals surface area contributed by atoms with E-state index in [4.69, 9.17) is 24.9 Å². The lowest BCUT2D eigenvalue weighted by atomic mass is 10.0. The quantitative estimate of drug-likeness (QED) is 0.113. The lowest BCUT2D eigenvalue weighted by molar-refractivity contribution is -0.119. The monoisotopic (exact) mass is 928 g/mol. The van der Waals surface area contributed by atoms with Gasteiger partial charge in [0.1, 0.15) is 46.1 Å². The van der Waals surface area contributed by atoms with E-state index in [1.54, 1.807) is 54.3 Å². The van der Waals surface area contributed by atoms with E-state index >= 15 is 0 Å². The van der Waals surface area contributed by atoms with E-state index in [1.165, 1.54) is 34.8 Å². The van der Waals surface area contributed by atoms with Crippen LogP contribution in [0.3, 0.4) is 0 Å². The summed E-state index contributed by atoms with van der Waals surface area (Å²) in [6.45, 7) is 9.44. The summed E-state index contributed by atoms with van der Waals surface area (Å²) in [4.78, 5) is 46.5. The van der Waals surface area contributed by atoms with Crippen LogP contribution < -0.4 is 20.5 Å². The van der Waals surface area contributed by atoms with Gasteiger partial charge in [-0.1, -0.05) is 0 Å². The number of fused-ring (bicyclic) bond motifs is 2. The second-order valence-corrected chi connectivity index (χ2v) is 19.3. The van der Waals surface area contributed by atoms with Gasteiger partial charge in [0.05, 0.1) is 40.9 Å². The highest BCUT2D eigenvalue weighted by Crippen LogP contribution is 2.35. The molecule has 0 saturated carbocycles. The molecule has 8 rings (SSSR count). The highest BCUT2D eigenvalue weighted by molar-refractivity contribution is 7.88. The van der Waals surface area contributed by atoms with Crippen LogP contribution in [0.5, 0.6) is 23.0 Å². The van der Waals surface area contributed by atoms with Crippen molar-refractivity contribution in [1.29, 1.82) is 0 Å². The number of halogens is 2. The molecule has 2 aliphatic rings. The molecular formula is C47H54F2N8O8S. The largest absolute Gasteiger partial charge is 0.457 e. The van der Waals surface area contributed by atoms with Crippen LogP contribution >= 0.6 is 0 Å². The first-order valence-corrected chi connectivity index (χ1v) is 23.5. The van der Waals surface area contributed by atoms with Crippen LogP contribution in [0.4, 0.5) is 13.6 Å². The van der Waals surface area contributed by atoms with E-state index in [2.05, 4.69) is 14.9 Å². The Morgan fingerprint density at radius 3 is 1.73 bits per heavy atom. The highest BCUT2D eigenvalue weighted by Gasteiger charge is 2.31. The molecule has 2 fully saturated rings. The number of piperidine rings is 2. The summed E-state index contributed by atoms with van der Waals surface area (Å²) < 4.78 is 73.0. The maximum atomic E-state index is 13.2. The Bertz CT molecular complexity index is 2790. The van der Waals surface area contributed by atoms with Crippen LogP contribution in [0.2, 0.25) is 0 Å². The fraction of sp³-hybridized carbons (Fsp3) is 0.383. The van der Waals surface area contributed by atoms with Crippen LogP contribution in [-0.2, 0) is 26.1 Å². The van der Waals surface area contributed by atoms with Crippen molar-refractivity contribution < 1.29 is 45.8 Å². The van der Waals surface area contributed by atoms with Gasteiger partial charge in [0.2, 0.25) is 15.9 Å². The number of sulfonamides is 1. The normalized spacial score (nSPS) is 15.8. The Labute approximate surface area is 381 Å². The van der Waals surface area contributed by atoms with Crippen molar-refractivity contribution in [2.75, 3.05) is 32.4 Å². The fourth-order valence-electron chi connectivity index (χ4n) is 8.03. The Morgan fingerprint density at radius 1 is 0.773 bits per heavy atom. The molecule has 2 amide bonds. The minimum atomic E-state index is -3.25. The van der Waals surface area contributed by atoms with Gasteiger partial charge < -0.3 is 34.0 Å². The molecule has 0 aliphatic carbocycles. The minimum Gasteiger partial charge on any atom is -0.457 e. The number of carbonyl (C=O) groups is 3. The highest BCUT2D eigenvalue weighted by atomic mass is 32.2. The summed E-state index contributed by atoms with van der Waals surface area (Å²) in [7, 11) is -3.25. The number of benzene rings is 4. The molecule has 2 saturated heterocycles. The predicted molar refractivity (Wildman–Crippen MR) is 244 cm³/mol. The first-order valence-electron chi connectivity index (χ1n) is 21.7. The molecule has 4 heterocycles. The molecule has 16 nitrogen and oxygen atoms in total. The molecule has 2 aliphatic heterocycles. The smallest absolute Gasteiger partial charge is 0.410 e. The topological polar surface area (TPSA) is 193 Å². The minimum absolute atomic E-state index is 0.0138. The maximum Gasteiger partial charge on any atom is 0.410 e. The Hall–Kier alpha value is -6.44. The molecule has 6 aromatic rings. The number of amides is 2. The zero-order valence-electron chi connectivity index (χ0n) is 37.4. The Balaban J connectivity index is 0.000000197. The molecule has 0 bridgehead atoms. The number of primary amides is 1. The molecule has 0 spiro atoms. The zero-order chi connectivity index (χ0) is 47.3. The van der Waals surface area contributed by atoms with Gasteiger partial charge in [-0.05, 0) is 126 Å². The van der Waals surface area contributed by atoms with Crippen LogP contribution in [0.15, 0.2) is 84.9 Å². The van der Waals surface area contributed by atoms with Gasteiger partial charge in [-0.3, -0.25) is 14.9 Å². The summed E-state index contributed by atoms with van der Waals surface area (Å²) in [6, 6.07) is 22.0. The van der Waals surface area contributed by atoms with E-state index in [0.29, 0.717) is 92.7 Å². The van der Waals surface area contributed by atoms with Crippen LogP contribution in [0.1, 0.15) is 81.9 Å². The number of aromatic nitrogens is 4. The molecule has 4 aromatic carbocycles. The number of nitrogens with one attached hydrogen (secondary N) is 1. The second-order valence-electron chi connectivity index (χ2n) is 17.4. The van der Waals surface area contributed by atoms with Crippen molar-refractivity contribution in [3.8, 4) is 23.0 Å². The Morgan fingerprint density at radius 2 is 1.24 bits per heavy atom. The molecule has 19 heteroatoms. The molecular weight excluding hydrogens is 875 g/mol. The molecule has 2 aromatic heterocycles. The van der Waals surface area contributed by atoms with E-state index in [9.17, 15) is 31.6 Å². The van der Waals surface area contributed by atoms with Crippen molar-refractivity contribution in [1.82, 2.24) is 33.6 Å². The number of hydrogen-bond acceptors (Lipinski definition) is 11. The summed E-state index contributed by atoms with van der Waals surface area (Å²) in [5.74, 6) is 2.08. The molecule has 1 atom stereocenters. The predicted octanol–water partition coefficient (Wildman–Crippen LogP) is 7.88. The SMILES string of the molecule is CC(C)(C)OC(=O)N1CCC(n2c(C=O)nc3ccc(Oc4ccc(F)cc4)cc32)CC1.C[C@H](NCc1nc2ccc(Oc3ccc(F)cc3)cc2n1C1CCN(S(C)(=O)=O)CC1)C(N)=O. The number of carbonyl (C=O) groups excluding carboxylic acids is 3. The average Bonchev–Trinajstić information content (AvgIpc) is 3.84. The second kappa shape index (κ2) is 20.0. The first kappa shape index (κ1) is 47.5. The third-order valence-corrected chi connectivity index (χ3v) is 12.7. The van der Waals surface area contributed by atoms with Crippen molar-refractivity contribution >= 4 is 50.4 Å². The lowest BCUT2D eigenvalue weighted by Gasteiger charge is -2.34. The standard InChI is InChI=1S/C24H26FN3O4.C23H28FN5O4S/c1-24(2,3)32-23(30)27-12-10-17(11-13-27)28-21-14-19(8-9-20(21)26-22(28)15-29)31-18-6-4-16(25)5-7-18;1-15(23(25)30)26-14-22-27-20-8-7-19(33-18-5-3-16(24)4-6-18)13-21(20)29(22)17-9-11-28(12-10-17)34(2,31)32/h4-9,14-15,17H,10-13H2,1-3H3;3-8,13,15,17,26H,9-12,14H2,1-2H3,(H2,25,30)/t;15-/m.0/s1. The molecule has 0 unspecified atom stereocenters. The van der Waals surface area contributed by atoms with Crippen LogP contribution in [-0.4, -0.2) is 99.1 Å². The number of nitrogens with two attached hydrogens (primary N) is 1. The number of nitrogens with zero attached hydrogens (tertiary/aromatic N) is 6. The summed E-state index contributed by atoms with van der Waals surface area (Å²) in [6.07, 6.45) is 4.25. The van der Waals surface area contributed by atoms with Gasteiger partial charge in [0, 0.05) is 50.4 Å². The van der Waals surface area contributed by atoms with E-state index < -0.39 is 27.6 Å². The van der Waals surface area contributed by atoms with Crippen molar-refractivity contribution in [3.05, 3.63) is 108 Å². The van der Waals surface area contributed by atoms with E-state index in [0.717, 1.165) is 28.7 Å². The van der Waals surface area contributed by atoms with Crippen molar-refractivity contribution in [3.63, 3.8) is 0 Å². The maximum absolute atomic E-state index is 13.2.